The Hall–Kier alpha value is -2.56. The summed E-state index contributed by atoms with van der Waals surface area (Å²) in [5.41, 5.74) is 3.52. The minimum Gasteiger partial charge on any atom is -0.508 e. The van der Waals surface area contributed by atoms with Crippen molar-refractivity contribution in [3.05, 3.63) is 53.5 Å². The molecule has 2 N–H and O–H groups in total. The van der Waals surface area contributed by atoms with Gasteiger partial charge in [-0.05, 0) is 30.7 Å². The molecule has 0 fully saturated rings. The molecule has 18 heavy (non-hydrogen) atoms. The quantitative estimate of drug-likeness (QED) is 0.641. The first-order chi connectivity index (χ1) is 8.66. The third-order valence-corrected chi connectivity index (χ3v) is 2.35. The Balaban J connectivity index is 2.00. The monoisotopic (exact) mass is 244 g/mol. The van der Waals surface area contributed by atoms with Crippen LogP contribution < -0.4 is 5.43 Å². The van der Waals surface area contributed by atoms with E-state index in [4.69, 9.17) is 4.42 Å². The zero-order valence-electron chi connectivity index (χ0n) is 9.75. The molecular formula is C13H12N2O3. The van der Waals surface area contributed by atoms with E-state index < -0.39 is 0 Å². The summed E-state index contributed by atoms with van der Waals surface area (Å²) >= 11 is 0. The van der Waals surface area contributed by atoms with Gasteiger partial charge in [0.25, 0.3) is 5.91 Å². The van der Waals surface area contributed by atoms with Crippen molar-refractivity contribution in [3.8, 4) is 5.75 Å². The van der Waals surface area contributed by atoms with Crippen LogP contribution in [0.15, 0.2) is 46.1 Å². The predicted molar refractivity (Wildman–Crippen MR) is 66.6 cm³/mol. The van der Waals surface area contributed by atoms with Crippen LogP contribution in [0, 0.1) is 6.92 Å². The van der Waals surface area contributed by atoms with Gasteiger partial charge in [-0.25, -0.2) is 5.43 Å². The number of furan rings is 1. The summed E-state index contributed by atoms with van der Waals surface area (Å²) in [7, 11) is 0. The normalized spacial score (nSPS) is 10.7. The zero-order chi connectivity index (χ0) is 13.0. The van der Waals surface area contributed by atoms with Crippen molar-refractivity contribution < 1.29 is 14.3 Å². The van der Waals surface area contributed by atoms with Crippen LogP contribution in [-0.2, 0) is 0 Å². The molecule has 1 heterocycles. The minimum atomic E-state index is -0.336. The van der Waals surface area contributed by atoms with Gasteiger partial charge in [0.2, 0.25) is 0 Å². The van der Waals surface area contributed by atoms with Crippen LogP contribution in [0.25, 0.3) is 0 Å². The largest absolute Gasteiger partial charge is 0.508 e. The van der Waals surface area contributed by atoms with Gasteiger partial charge in [-0.2, -0.15) is 5.10 Å². The minimum absolute atomic E-state index is 0.149. The second-order valence-electron chi connectivity index (χ2n) is 3.68. The van der Waals surface area contributed by atoms with E-state index in [0.717, 1.165) is 0 Å². The third-order valence-electron chi connectivity index (χ3n) is 2.35. The molecule has 92 valence electrons. The first kappa shape index (κ1) is 11.9. The van der Waals surface area contributed by atoms with Crippen molar-refractivity contribution in [2.45, 2.75) is 6.92 Å². The molecule has 1 amide bonds. The highest BCUT2D eigenvalue weighted by Crippen LogP contribution is 2.09. The molecule has 1 aromatic carbocycles. The SMILES string of the molecule is Cc1occc1C(=O)N/N=C\c1cccc(O)c1. The van der Waals surface area contributed by atoms with E-state index in [2.05, 4.69) is 10.5 Å². The Kier molecular flexibility index (Phi) is 3.43. The lowest BCUT2D eigenvalue weighted by atomic mass is 10.2. The first-order valence-corrected chi connectivity index (χ1v) is 5.33. The lowest BCUT2D eigenvalue weighted by Crippen LogP contribution is -2.17. The summed E-state index contributed by atoms with van der Waals surface area (Å²) in [5.74, 6) is 0.355. The molecule has 0 aliphatic heterocycles. The fourth-order valence-corrected chi connectivity index (χ4v) is 1.45. The summed E-state index contributed by atoms with van der Waals surface area (Å²) in [4.78, 5) is 11.6. The highest BCUT2D eigenvalue weighted by Gasteiger charge is 2.09. The molecular weight excluding hydrogens is 232 g/mol. The third kappa shape index (κ3) is 2.76. The maximum atomic E-state index is 11.6. The average Bonchev–Trinajstić information content (AvgIpc) is 2.75. The van der Waals surface area contributed by atoms with Gasteiger partial charge >= 0.3 is 0 Å². The Labute approximate surface area is 104 Å². The number of hydrogen-bond donors (Lipinski definition) is 2. The zero-order valence-corrected chi connectivity index (χ0v) is 9.75. The van der Waals surface area contributed by atoms with Crippen molar-refractivity contribution in [3.63, 3.8) is 0 Å². The Bertz CT molecular complexity index is 587. The van der Waals surface area contributed by atoms with Gasteiger partial charge in [-0.15, -0.1) is 0 Å². The number of benzene rings is 1. The van der Waals surface area contributed by atoms with E-state index in [-0.39, 0.29) is 11.7 Å². The van der Waals surface area contributed by atoms with Crippen LogP contribution in [0.3, 0.4) is 0 Å². The lowest BCUT2D eigenvalue weighted by molar-refractivity contribution is 0.0953. The fourth-order valence-electron chi connectivity index (χ4n) is 1.45. The first-order valence-electron chi connectivity index (χ1n) is 5.33. The molecule has 0 aliphatic rings. The van der Waals surface area contributed by atoms with Crippen LogP contribution in [-0.4, -0.2) is 17.2 Å². The maximum absolute atomic E-state index is 11.6. The summed E-state index contributed by atoms with van der Waals surface area (Å²) in [5, 5.41) is 13.0. The van der Waals surface area contributed by atoms with E-state index in [1.54, 1.807) is 37.3 Å². The molecule has 2 rings (SSSR count). The number of aryl methyl sites for hydroxylation is 1. The topological polar surface area (TPSA) is 74.8 Å². The smallest absolute Gasteiger partial charge is 0.274 e. The molecule has 5 nitrogen and oxygen atoms in total. The van der Waals surface area contributed by atoms with Crippen LogP contribution >= 0.6 is 0 Å². The van der Waals surface area contributed by atoms with E-state index in [1.165, 1.54) is 12.5 Å². The average molecular weight is 244 g/mol. The molecule has 5 heteroatoms. The number of carbonyl (C=O) groups excluding carboxylic acids is 1. The summed E-state index contributed by atoms with van der Waals surface area (Å²) in [6.07, 6.45) is 2.90. The molecule has 0 atom stereocenters. The molecule has 0 unspecified atom stereocenters. The number of aromatic hydroxyl groups is 1. The van der Waals surface area contributed by atoms with Crippen molar-refractivity contribution >= 4 is 12.1 Å². The van der Waals surface area contributed by atoms with Gasteiger partial charge in [0.1, 0.15) is 11.5 Å². The second kappa shape index (κ2) is 5.18. The number of phenolic OH excluding ortho intramolecular Hbond substituents is 1. The summed E-state index contributed by atoms with van der Waals surface area (Å²) in [6, 6.07) is 8.13. The molecule has 0 saturated heterocycles. The van der Waals surface area contributed by atoms with Crippen LogP contribution in [0.1, 0.15) is 21.7 Å². The summed E-state index contributed by atoms with van der Waals surface area (Å²) < 4.78 is 5.02. The van der Waals surface area contributed by atoms with Crippen molar-refractivity contribution in [2.24, 2.45) is 5.10 Å². The number of rotatable bonds is 3. The van der Waals surface area contributed by atoms with Crippen molar-refractivity contribution in [1.29, 1.82) is 0 Å². The highest BCUT2D eigenvalue weighted by molar-refractivity contribution is 5.95. The van der Waals surface area contributed by atoms with Gasteiger partial charge in [0.15, 0.2) is 0 Å². The number of carbonyl (C=O) groups is 1. The number of amides is 1. The van der Waals surface area contributed by atoms with E-state index in [1.807, 2.05) is 0 Å². The molecule has 0 spiro atoms. The molecule has 2 aromatic rings. The van der Waals surface area contributed by atoms with E-state index >= 15 is 0 Å². The van der Waals surface area contributed by atoms with Crippen LogP contribution in [0.2, 0.25) is 0 Å². The predicted octanol–water partition coefficient (Wildman–Crippen LogP) is 2.06. The van der Waals surface area contributed by atoms with Gasteiger partial charge in [-0.3, -0.25) is 4.79 Å². The van der Waals surface area contributed by atoms with E-state index in [0.29, 0.717) is 16.9 Å². The van der Waals surface area contributed by atoms with Gasteiger partial charge in [-0.1, -0.05) is 12.1 Å². The Morgan fingerprint density at radius 3 is 2.94 bits per heavy atom. The van der Waals surface area contributed by atoms with Gasteiger partial charge in [0.05, 0.1) is 18.0 Å². The Morgan fingerprint density at radius 1 is 1.44 bits per heavy atom. The van der Waals surface area contributed by atoms with E-state index in [9.17, 15) is 9.90 Å². The Morgan fingerprint density at radius 2 is 2.28 bits per heavy atom. The summed E-state index contributed by atoms with van der Waals surface area (Å²) in [6.45, 7) is 1.70. The molecule has 0 saturated carbocycles. The fraction of sp³-hybridized carbons (Fsp3) is 0.0769. The number of hydrazone groups is 1. The number of nitrogens with zero attached hydrogens (tertiary/aromatic N) is 1. The van der Waals surface area contributed by atoms with Crippen LogP contribution in [0.4, 0.5) is 0 Å². The standard InChI is InChI=1S/C13H12N2O3/c1-9-12(5-6-18-9)13(17)15-14-8-10-3-2-4-11(16)7-10/h2-8,16H,1H3,(H,15,17)/b14-8-. The number of hydrogen-bond acceptors (Lipinski definition) is 4. The van der Waals surface area contributed by atoms with Crippen LogP contribution in [0.5, 0.6) is 5.75 Å². The second-order valence-corrected chi connectivity index (χ2v) is 3.68. The number of nitrogens with one attached hydrogen (secondary N) is 1. The molecule has 0 bridgehead atoms. The molecule has 0 aliphatic carbocycles. The molecule has 1 aromatic heterocycles. The highest BCUT2D eigenvalue weighted by atomic mass is 16.3. The van der Waals surface area contributed by atoms with Gasteiger partial charge in [0, 0.05) is 0 Å². The lowest BCUT2D eigenvalue weighted by Gasteiger charge is -1.97. The van der Waals surface area contributed by atoms with Gasteiger partial charge < -0.3 is 9.52 Å². The van der Waals surface area contributed by atoms with Crippen molar-refractivity contribution in [2.75, 3.05) is 0 Å². The maximum Gasteiger partial charge on any atom is 0.274 e. The number of phenols is 1. The molecule has 0 radical (unpaired) electrons. The van der Waals surface area contributed by atoms with Crippen molar-refractivity contribution in [1.82, 2.24) is 5.43 Å².